The maximum Gasteiger partial charge on any atom is 0.267 e. The summed E-state index contributed by atoms with van der Waals surface area (Å²) in [6.07, 6.45) is 1.55. The molecule has 0 aromatic heterocycles. The minimum Gasteiger partial charge on any atom is -0.508 e. The number of fused-ring (bicyclic) bond motifs is 1. The Bertz CT molecular complexity index is 1150. The van der Waals surface area contributed by atoms with Gasteiger partial charge in [0.15, 0.2) is 0 Å². The Morgan fingerprint density at radius 2 is 1.86 bits per heavy atom. The van der Waals surface area contributed by atoms with Crippen molar-refractivity contribution in [3.63, 3.8) is 0 Å². The summed E-state index contributed by atoms with van der Waals surface area (Å²) in [6.45, 7) is 3.78. The molecule has 0 spiro atoms. The fraction of sp³-hybridized carbons (Fsp3) is 0.136. The van der Waals surface area contributed by atoms with Gasteiger partial charge in [-0.05, 0) is 48.7 Å². The highest BCUT2D eigenvalue weighted by Gasteiger charge is 2.36. The van der Waals surface area contributed by atoms with Gasteiger partial charge in [-0.2, -0.15) is 4.36 Å². The Morgan fingerprint density at radius 3 is 2.66 bits per heavy atom. The van der Waals surface area contributed by atoms with Crippen molar-refractivity contribution in [2.45, 2.75) is 19.6 Å². The molecular weight excluding hydrogens is 384 g/mol. The van der Waals surface area contributed by atoms with Gasteiger partial charge in [0.2, 0.25) is 0 Å². The van der Waals surface area contributed by atoms with E-state index in [1.54, 1.807) is 18.5 Å². The van der Waals surface area contributed by atoms with Crippen molar-refractivity contribution in [2.75, 3.05) is 10.6 Å². The van der Waals surface area contributed by atoms with Gasteiger partial charge < -0.3 is 20.8 Å². The number of rotatable bonds is 4. The molecule has 0 unspecified atom stereocenters. The predicted octanol–water partition coefficient (Wildman–Crippen LogP) is 4.79. The number of aromatic hydroxyl groups is 2. The Hall–Kier alpha value is -3.45. The number of hydrogen-bond acceptors (Lipinski definition) is 7. The topological polar surface area (TPSA) is 89.2 Å². The number of nitrogens with zero attached hydrogens (tertiary/aromatic N) is 2. The first-order valence-corrected chi connectivity index (χ1v) is 9.46. The lowest BCUT2D eigenvalue weighted by Crippen LogP contribution is -2.35. The molecule has 0 saturated heterocycles. The fourth-order valence-electron chi connectivity index (χ4n) is 3.41. The van der Waals surface area contributed by atoms with Crippen molar-refractivity contribution in [1.29, 1.82) is 0 Å². The second kappa shape index (κ2) is 7.18. The molecule has 4 N–H and O–H groups in total. The zero-order valence-corrected chi connectivity index (χ0v) is 16.8. The van der Waals surface area contributed by atoms with Gasteiger partial charge in [-0.3, -0.25) is 0 Å². The minimum absolute atomic E-state index is 0.134. The lowest BCUT2D eigenvalue weighted by molar-refractivity contribution is 0.473. The SMILES string of the molecule is Cc1ccc(O)cc1N[C@@]1(N=S)N=CNc2ccc(-c3cccc(C)c3O)cc21. The van der Waals surface area contributed by atoms with Crippen LogP contribution >= 0.6 is 0 Å². The van der Waals surface area contributed by atoms with E-state index in [0.29, 0.717) is 11.3 Å². The van der Waals surface area contributed by atoms with Gasteiger partial charge in [0.1, 0.15) is 11.5 Å². The van der Waals surface area contributed by atoms with Crippen molar-refractivity contribution < 1.29 is 10.2 Å². The zero-order chi connectivity index (χ0) is 20.6. The van der Waals surface area contributed by atoms with Crippen molar-refractivity contribution in [3.05, 3.63) is 71.3 Å². The standard InChI is InChI=1S/C22H20N4O2S/c1-13-6-8-16(27)11-20(13)25-22(26-29)18-10-15(7-9-19(18)23-12-24-22)17-5-3-4-14(2)21(17)28/h3-12,25,27-28H,1-2H3,(H,23,24)/t22-/m0/s1. The van der Waals surface area contributed by atoms with E-state index >= 15 is 0 Å². The van der Waals surface area contributed by atoms with E-state index in [1.165, 1.54) is 0 Å². The quantitative estimate of drug-likeness (QED) is 0.502. The number of nitrogens with one attached hydrogen (secondary N) is 2. The summed E-state index contributed by atoms with van der Waals surface area (Å²) in [5.41, 5.74) is 5.45. The van der Waals surface area contributed by atoms with Crippen molar-refractivity contribution in [3.8, 4) is 22.6 Å². The first-order valence-electron chi connectivity index (χ1n) is 9.09. The van der Waals surface area contributed by atoms with Gasteiger partial charge in [-0.1, -0.05) is 30.3 Å². The van der Waals surface area contributed by atoms with Crippen LogP contribution in [0.3, 0.4) is 0 Å². The molecule has 3 aromatic rings. The molecule has 1 atom stereocenters. The first kappa shape index (κ1) is 18.9. The molecule has 1 aliphatic rings. The van der Waals surface area contributed by atoms with Gasteiger partial charge in [0, 0.05) is 41.0 Å². The van der Waals surface area contributed by atoms with E-state index in [1.807, 2.05) is 56.3 Å². The highest BCUT2D eigenvalue weighted by atomic mass is 32.1. The molecule has 6 nitrogen and oxygen atoms in total. The minimum atomic E-state index is -1.25. The molecule has 7 heteroatoms. The third kappa shape index (κ3) is 3.30. The highest BCUT2D eigenvalue weighted by molar-refractivity contribution is 7.47. The zero-order valence-electron chi connectivity index (χ0n) is 16.0. The molecule has 0 radical (unpaired) electrons. The summed E-state index contributed by atoms with van der Waals surface area (Å²) in [5.74, 6) is -0.879. The maximum absolute atomic E-state index is 10.5. The molecule has 0 aliphatic carbocycles. The van der Waals surface area contributed by atoms with E-state index in [9.17, 15) is 10.2 Å². The van der Waals surface area contributed by atoms with Crippen molar-refractivity contribution in [2.24, 2.45) is 9.36 Å². The molecule has 0 fully saturated rings. The summed E-state index contributed by atoms with van der Waals surface area (Å²) in [6, 6.07) is 16.4. The number of aryl methyl sites for hydroxylation is 2. The fourth-order valence-corrected chi connectivity index (χ4v) is 3.60. The van der Waals surface area contributed by atoms with Crippen molar-refractivity contribution >= 4 is 30.1 Å². The van der Waals surface area contributed by atoms with Crippen LogP contribution in [0, 0.1) is 13.8 Å². The highest BCUT2D eigenvalue weighted by Crippen LogP contribution is 2.41. The number of aliphatic imine (C=N–C) groups is 1. The van der Waals surface area contributed by atoms with Gasteiger partial charge in [-0.15, -0.1) is 0 Å². The third-order valence-electron chi connectivity index (χ3n) is 5.08. The van der Waals surface area contributed by atoms with E-state index in [0.717, 1.165) is 27.9 Å². The number of para-hydroxylation sites is 1. The van der Waals surface area contributed by atoms with Crippen LogP contribution in [0.2, 0.25) is 0 Å². The third-order valence-corrected chi connectivity index (χ3v) is 5.34. The van der Waals surface area contributed by atoms with Crippen LogP contribution in [-0.4, -0.2) is 16.6 Å². The Labute approximate surface area is 174 Å². The Kier molecular flexibility index (Phi) is 4.68. The van der Waals surface area contributed by atoms with Crippen LogP contribution in [-0.2, 0) is 18.2 Å². The number of anilines is 2. The number of phenolic OH excluding ortho intramolecular Hbond substituents is 2. The van der Waals surface area contributed by atoms with Crippen LogP contribution in [0.4, 0.5) is 11.4 Å². The molecule has 0 bridgehead atoms. The molecular formula is C22H20N4O2S. The second-order valence-electron chi connectivity index (χ2n) is 7.02. The second-order valence-corrected chi connectivity index (χ2v) is 7.20. The van der Waals surface area contributed by atoms with Gasteiger partial charge in [-0.25, -0.2) is 4.99 Å². The molecule has 29 heavy (non-hydrogen) atoms. The maximum atomic E-state index is 10.5. The summed E-state index contributed by atoms with van der Waals surface area (Å²) < 4.78 is 4.15. The Balaban J connectivity index is 1.85. The number of benzene rings is 3. The molecule has 4 rings (SSSR count). The van der Waals surface area contributed by atoms with Crippen LogP contribution in [0.25, 0.3) is 11.1 Å². The summed E-state index contributed by atoms with van der Waals surface area (Å²) >= 11 is 5.15. The van der Waals surface area contributed by atoms with E-state index in [2.05, 4.69) is 20.0 Å². The van der Waals surface area contributed by atoms with Gasteiger partial charge in [0.25, 0.3) is 5.79 Å². The average molecular weight is 404 g/mol. The largest absolute Gasteiger partial charge is 0.508 e. The van der Waals surface area contributed by atoms with Gasteiger partial charge >= 0.3 is 0 Å². The van der Waals surface area contributed by atoms with Crippen LogP contribution < -0.4 is 10.6 Å². The smallest absolute Gasteiger partial charge is 0.267 e. The summed E-state index contributed by atoms with van der Waals surface area (Å²) in [7, 11) is 0. The van der Waals surface area contributed by atoms with E-state index in [4.69, 9.17) is 12.4 Å². The monoisotopic (exact) mass is 404 g/mol. The lowest BCUT2D eigenvalue weighted by atomic mass is 9.95. The van der Waals surface area contributed by atoms with Crippen molar-refractivity contribution in [1.82, 2.24) is 0 Å². The number of hydrogen-bond donors (Lipinski definition) is 4. The van der Waals surface area contributed by atoms with E-state index < -0.39 is 5.79 Å². The van der Waals surface area contributed by atoms with E-state index in [-0.39, 0.29) is 11.5 Å². The molecule has 3 aromatic carbocycles. The lowest BCUT2D eigenvalue weighted by Gasteiger charge is -2.32. The number of phenols is 2. The molecule has 1 heterocycles. The van der Waals surface area contributed by atoms with Crippen LogP contribution in [0.5, 0.6) is 11.5 Å². The normalized spacial score (nSPS) is 17.3. The Morgan fingerprint density at radius 1 is 1.03 bits per heavy atom. The van der Waals surface area contributed by atoms with Crippen LogP contribution in [0.15, 0.2) is 64.0 Å². The summed E-state index contributed by atoms with van der Waals surface area (Å²) in [4.78, 5) is 4.50. The molecule has 146 valence electrons. The van der Waals surface area contributed by atoms with Crippen LogP contribution in [0.1, 0.15) is 16.7 Å². The average Bonchev–Trinajstić information content (AvgIpc) is 2.72. The first-order chi connectivity index (χ1) is 13.9. The molecule has 0 amide bonds. The molecule has 1 aliphatic heterocycles. The van der Waals surface area contributed by atoms with Gasteiger partial charge in [0.05, 0.1) is 6.34 Å². The summed E-state index contributed by atoms with van der Waals surface area (Å²) in [5, 5.41) is 26.8. The predicted molar refractivity (Wildman–Crippen MR) is 118 cm³/mol. The molecule has 0 saturated carbocycles.